The molecule has 0 amide bonds. The average molecular weight is 599 g/mol. The van der Waals surface area contributed by atoms with Gasteiger partial charge in [-0.15, -0.1) is 0 Å². The van der Waals surface area contributed by atoms with Crippen LogP contribution in [-0.4, -0.2) is 9.55 Å². The molecule has 0 fully saturated rings. The maximum Gasteiger partial charge on any atom is 0.146 e. The number of benzene rings is 8. The topological polar surface area (TPSA) is 17.8 Å². The van der Waals surface area contributed by atoms with Crippen LogP contribution >= 0.6 is 0 Å². The highest BCUT2D eigenvalue weighted by Gasteiger charge is 2.22. The number of hydrogen-bond acceptors (Lipinski definition) is 1. The largest absolute Gasteiger partial charge is 0.292 e. The second kappa shape index (κ2) is 11.3. The molecule has 9 aromatic rings. The molecule has 0 spiro atoms. The Balaban J connectivity index is 1.38. The minimum Gasteiger partial charge on any atom is -0.292 e. The molecule has 0 aliphatic carbocycles. The maximum absolute atomic E-state index is 5.28. The van der Waals surface area contributed by atoms with E-state index in [0.717, 1.165) is 33.7 Å². The summed E-state index contributed by atoms with van der Waals surface area (Å²) in [7, 11) is 0. The molecule has 1 heterocycles. The lowest BCUT2D eigenvalue weighted by molar-refractivity contribution is 1.10. The Morgan fingerprint density at radius 3 is 1.36 bits per heavy atom. The lowest BCUT2D eigenvalue weighted by Gasteiger charge is -2.21. The van der Waals surface area contributed by atoms with Crippen LogP contribution in [-0.2, 0) is 0 Å². The van der Waals surface area contributed by atoms with Gasteiger partial charge in [-0.2, -0.15) is 0 Å². The summed E-state index contributed by atoms with van der Waals surface area (Å²) in [5, 5.41) is 4.91. The lowest BCUT2D eigenvalue weighted by atomic mass is 9.83. The first kappa shape index (κ1) is 27.1. The highest BCUT2D eigenvalue weighted by Crippen LogP contribution is 2.48. The van der Waals surface area contributed by atoms with E-state index in [9.17, 15) is 0 Å². The first-order valence-corrected chi connectivity index (χ1v) is 16.1. The summed E-state index contributed by atoms with van der Waals surface area (Å²) < 4.78 is 2.29. The van der Waals surface area contributed by atoms with Crippen molar-refractivity contribution < 1.29 is 0 Å². The van der Waals surface area contributed by atoms with Crippen LogP contribution in [0.5, 0.6) is 0 Å². The van der Waals surface area contributed by atoms with Crippen molar-refractivity contribution in [3.8, 4) is 50.5 Å². The van der Waals surface area contributed by atoms with Crippen LogP contribution in [0.3, 0.4) is 0 Å². The monoisotopic (exact) mass is 598 g/mol. The van der Waals surface area contributed by atoms with Crippen LogP contribution in [0.2, 0.25) is 0 Å². The molecule has 0 aliphatic rings. The zero-order valence-electron chi connectivity index (χ0n) is 25.7. The smallest absolute Gasteiger partial charge is 0.146 e. The van der Waals surface area contributed by atoms with E-state index in [1.807, 2.05) is 0 Å². The van der Waals surface area contributed by atoms with Crippen LogP contribution in [0.1, 0.15) is 0 Å². The Morgan fingerprint density at radius 1 is 0.340 bits per heavy atom. The minimum atomic E-state index is 0.930. The maximum atomic E-state index is 5.28. The lowest BCUT2D eigenvalue weighted by Crippen LogP contribution is -1.99. The number of para-hydroxylation sites is 3. The van der Waals surface area contributed by atoms with E-state index in [4.69, 9.17) is 4.98 Å². The summed E-state index contributed by atoms with van der Waals surface area (Å²) in [6.45, 7) is 0. The number of imidazole rings is 1. The van der Waals surface area contributed by atoms with Gasteiger partial charge in [0.05, 0.1) is 11.0 Å². The van der Waals surface area contributed by atoms with Gasteiger partial charge in [0, 0.05) is 11.3 Å². The quantitative estimate of drug-likeness (QED) is 0.180. The van der Waals surface area contributed by atoms with Gasteiger partial charge in [0.2, 0.25) is 0 Å². The molecule has 220 valence electrons. The molecule has 2 nitrogen and oxygen atoms in total. The van der Waals surface area contributed by atoms with Gasteiger partial charge < -0.3 is 0 Å². The van der Waals surface area contributed by atoms with Gasteiger partial charge in [-0.05, 0) is 79.2 Å². The Morgan fingerprint density at radius 2 is 0.766 bits per heavy atom. The van der Waals surface area contributed by atoms with Crippen molar-refractivity contribution in [1.82, 2.24) is 9.55 Å². The highest BCUT2D eigenvalue weighted by molar-refractivity contribution is 6.23. The molecular weight excluding hydrogens is 569 g/mol. The average Bonchev–Trinajstić information content (AvgIpc) is 3.54. The summed E-state index contributed by atoms with van der Waals surface area (Å²) in [5.74, 6) is 0.930. The SMILES string of the molecule is c1ccc(-c2ccccc2-c2c3ccccc3c(-c3ccccc3-c3nc4ccccc4n3-c3ccccc3)c3ccccc23)cc1. The Bertz CT molecular complexity index is 2500. The first-order valence-electron chi connectivity index (χ1n) is 16.1. The molecule has 1 aromatic heterocycles. The van der Waals surface area contributed by atoms with Crippen molar-refractivity contribution >= 4 is 32.6 Å². The van der Waals surface area contributed by atoms with Crippen LogP contribution < -0.4 is 0 Å². The second-order valence-electron chi connectivity index (χ2n) is 11.9. The van der Waals surface area contributed by atoms with Crippen molar-refractivity contribution in [2.45, 2.75) is 0 Å². The van der Waals surface area contributed by atoms with Crippen LogP contribution in [0.25, 0.3) is 83.0 Å². The van der Waals surface area contributed by atoms with Crippen molar-refractivity contribution in [3.05, 3.63) is 182 Å². The third-order valence-electron chi connectivity index (χ3n) is 9.23. The molecule has 0 aliphatic heterocycles. The van der Waals surface area contributed by atoms with E-state index in [1.165, 1.54) is 49.4 Å². The van der Waals surface area contributed by atoms with Crippen molar-refractivity contribution in [2.24, 2.45) is 0 Å². The molecule has 9 rings (SSSR count). The molecule has 0 atom stereocenters. The van der Waals surface area contributed by atoms with Gasteiger partial charge in [0.15, 0.2) is 0 Å². The fraction of sp³-hybridized carbons (Fsp3) is 0. The number of rotatable bonds is 5. The fourth-order valence-corrected chi connectivity index (χ4v) is 7.22. The Hall–Kier alpha value is -6.25. The highest BCUT2D eigenvalue weighted by atomic mass is 15.1. The number of hydrogen-bond donors (Lipinski definition) is 0. The van der Waals surface area contributed by atoms with E-state index in [0.29, 0.717) is 0 Å². The van der Waals surface area contributed by atoms with Gasteiger partial charge in [-0.25, -0.2) is 4.98 Å². The zero-order chi connectivity index (χ0) is 31.2. The summed E-state index contributed by atoms with van der Waals surface area (Å²) in [6, 6.07) is 65.0. The number of fused-ring (bicyclic) bond motifs is 3. The Kier molecular flexibility index (Phi) is 6.50. The molecule has 0 bridgehead atoms. The molecule has 0 N–H and O–H groups in total. The van der Waals surface area contributed by atoms with Gasteiger partial charge in [-0.1, -0.05) is 158 Å². The molecular formula is C45H30N2. The van der Waals surface area contributed by atoms with Crippen molar-refractivity contribution in [1.29, 1.82) is 0 Å². The third kappa shape index (κ3) is 4.46. The van der Waals surface area contributed by atoms with E-state index in [1.54, 1.807) is 0 Å². The predicted molar refractivity (Wildman–Crippen MR) is 198 cm³/mol. The van der Waals surface area contributed by atoms with Gasteiger partial charge in [0.25, 0.3) is 0 Å². The normalized spacial score (nSPS) is 11.4. The van der Waals surface area contributed by atoms with Gasteiger partial charge in [0.1, 0.15) is 5.82 Å². The molecule has 47 heavy (non-hydrogen) atoms. The van der Waals surface area contributed by atoms with Crippen LogP contribution in [0.4, 0.5) is 0 Å². The molecule has 0 saturated heterocycles. The van der Waals surface area contributed by atoms with Crippen LogP contribution in [0, 0.1) is 0 Å². The van der Waals surface area contributed by atoms with Crippen LogP contribution in [0.15, 0.2) is 182 Å². The first-order chi connectivity index (χ1) is 23.4. The van der Waals surface area contributed by atoms with Gasteiger partial charge in [-0.3, -0.25) is 4.57 Å². The zero-order valence-corrected chi connectivity index (χ0v) is 25.7. The molecule has 0 saturated carbocycles. The summed E-state index contributed by atoms with van der Waals surface area (Å²) in [6.07, 6.45) is 0. The van der Waals surface area contributed by atoms with Gasteiger partial charge >= 0.3 is 0 Å². The Labute approximate surface area is 273 Å². The van der Waals surface area contributed by atoms with E-state index >= 15 is 0 Å². The number of nitrogens with zero attached hydrogens (tertiary/aromatic N) is 2. The summed E-state index contributed by atoms with van der Waals surface area (Å²) in [4.78, 5) is 5.28. The molecule has 0 radical (unpaired) electrons. The predicted octanol–water partition coefficient (Wildman–Crippen LogP) is 12.0. The molecule has 2 heteroatoms. The third-order valence-corrected chi connectivity index (χ3v) is 9.23. The van der Waals surface area contributed by atoms with E-state index in [-0.39, 0.29) is 0 Å². The van der Waals surface area contributed by atoms with Crippen molar-refractivity contribution in [3.63, 3.8) is 0 Å². The fourth-order valence-electron chi connectivity index (χ4n) is 7.22. The molecule has 8 aromatic carbocycles. The van der Waals surface area contributed by atoms with E-state index < -0.39 is 0 Å². The summed E-state index contributed by atoms with van der Waals surface area (Å²) >= 11 is 0. The summed E-state index contributed by atoms with van der Waals surface area (Å²) in [5.41, 5.74) is 11.6. The van der Waals surface area contributed by atoms with Crippen molar-refractivity contribution in [2.75, 3.05) is 0 Å². The molecule has 0 unspecified atom stereocenters. The standard InChI is InChI=1S/C45H30N2/c1-3-17-31(18-4-1)33-21-7-8-22-34(33)43-35-23-9-11-25-37(35)44(38-26-12-10-24-36(38)43)39-27-13-14-28-40(39)45-46-41-29-15-16-30-42(41)47(45)32-19-5-2-6-20-32/h1-30H. The van der Waals surface area contributed by atoms with E-state index in [2.05, 4.69) is 187 Å². The number of aromatic nitrogens is 2. The minimum absolute atomic E-state index is 0.930. The second-order valence-corrected chi connectivity index (χ2v) is 11.9.